The van der Waals surface area contributed by atoms with Crippen molar-refractivity contribution in [1.29, 1.82) is 0 Å². The van der Waals surface area contributed by atoms with E-state index in [9.17, 15) is 14.3 Å². The number of thioether (sulfide) groups is 1. The minimum atomic E-state index is -3.87. The molecule has 0 aromatic carbocycles. The highest BCUT2D eigenvalue weighted by molar-refractivity contribution is 8.00. The molecule has 0 aliphatic rings. The van der Waals surface area contributed by atoms with Crippen molar-refractivity contribution >= 4 is 30.7 Å². The van der Waals surface area contributed by atoms with Gasteiger partial charge in [-0.2, -0.15) is 11.8 Å². The van der Waals surface area contributed by atoms with Gasteiger partial charge in [-0.1, -0.05) is 0 Å². The number of hydrogen-bond acceptors (Lipinski definition) is 6. The maximum atomic E-state index is 11.9. The van der Waals surface area contributed by atoms with E-state index >= 15 is 0 Å². The highest BCUT2D eigenvalue weighted by atomic mass is 32.2. The summed E-state index contributed by atoms with van der Waals surface area (Å²) in [6.07, 6.45) is 1.49. The molecule has 1 aromatic rings. The molecule has 22 heavy (non-hydrogen) atoms. The van der Waals surface area contributed by atoms with Gasteiger partial charge in [-0.05, 0) is 13.8 Å². The molecule has 0 spiro atoms. The summed E-state index contributed by atoms with van der Waals surface area (Å²) in [6, 6.07) is 0. The summed E-state index contributed by atoms with van der Waals surface area (Å²) < 4.78 is 16.6. The van der Waals surface area contributed by atoms with Gasteiger partial charge in [0.15, 0.2) is 5.78 Å². The van der Waals surface area contributed by atoms with Crippen molar-refractivity contribution in [1.82, 2.24) is 15.3 Å². The lowest BCUT2D eigenvalue weighted by Crippen LogP contribution is -2.27. The first-order chi connectivity index (χ1) is 10.4. The molecule has 1 heterocycles. The van der Waals surface area contributed by atoms with Crippen molar-refractivity contribution in [2.24, 2.45) is 4.99 Å². The van der Waals surface area contributed by atoms with E-state index in [1.54, 1.807) is 13.8 Å². The second-order valence-electron chi connectivity index (χ2n) is 4.26. The number of aryl methyl sites for hydroxylation is 1. The summed E-state index contributed by atoms with van der Waals surface area (Å²) in [5.74, 6) is 0.837. The number of aromatic nitrogens is 2. The Morgan fingerprint density at radius 3 is 2.91 bits per heavy atom. The Kier molecular flexibility index (Phi) is 7.81. The van der Waals surface area contributed by atoms with E-state index in [1.165, 1.54) is 25.1 Å². The number of amidine groups is 1. The van der Waals surface area contributed by atoms with Gasteiger partial charge in [0.2, 0.25) is 5.58 Å². The summed E-state index contributed by atoms with van der Waals surface area (Å²) >= 11 is 1.41. The molecule has 1 rings (SSSR count). The van der Waals surface area contributed by atoms with Crippen LogP contribution in [0.15, 0.2) is 11.3 Å². The van der Waals surface area contributed by atoms with Crippen molar-refractivity contribution in [3.05, 3.63) is 17.7 Å². The maximum absolute atomic E-state index is 11.9. The van der Waals surface area contributed by atoms with Crippen LogP contribution in [0, 0.1) is 6.92 Å². The van der Waals surface area contributed by atoms with Gasteiger partial charge in [0.25, 0.3) is 0 Å². The summed E-state index contributed by atoms with van der Waals surface area (Å²) in [7, 11) is -2.45. The summed E-state index contributed by atoms with van der Waals surface area (Å²) in [6.45, 7) is 3.96. The zero-order valence-electron chi connectivity index (χ0n) is 12.8. The molecule has 0 fully saturated rings. The Hall–Kier alpha value is -1.15. The van der Waals surface area contributed by atoms with E-state index < -0.39 is 7.60 Å². The smallest absolute Gasteiger partial charge is 0.363 e. The van der Waals surface area contributed by atoms with E-state index in [1.807, 2.05) is 0 Å². The predicted molar refractivity (Wildman–Crippen MR) is 87.8 cm³/mol. The standard InChI is InChI=1S/C12H21N4O4PS/c1-4-20-21(18,19)12(13-3)14-5-6-22-7-10(17)11-9(2)15-8-16-11/h8H,4-7H2,1-3H3,(H,13,14)(H,15,16)(H,18,19). The fraction of sp³-hybridized carbons (Fsp3) is 0.583. The average molecular weight is 348 g/mol. The van der Waals surface area contributed by atoms with Crippen LogP contribution in [0.2, 0.25) is 0 Å². The molecule has 1 unspecified atom stereocenters. The first kappa shape index (κ1) is 18.9. The van der Waals surface area contributed by atoms with Crippen LogP contribution in [0.1, 0.15) is 23.1 Å². The SMILES string of the molecule is CCOP(=O)(O)C(=NC)NCCSCC(=O)c1nc[nH]c1C. The number of ketones is 1. The Morgan fingerprint density at radius 2 is 2.36 bits per heavy atom. The summed E-state index contributed by atoms with van der Waals surface area (Å²) in [5, 5.41) is 2.77. The third-order valence-electron chi connectivity index (χ3n) is 2.64. The van der Waals surface area contributed by atoms with Crippen LogP contribution in [0.25, 0.3) is 0 Å². The average Bonchev–Trinajstić information content (AvgIpc) is 2.88. The van der Waals surface area contributed by atoms with Gasteiger partial charge >= 0.3 is 7.60 Å². The van der Waals surface area contributed by atoms with Crippen LogP contribution < -0.4 is 5.32 Å². The van der Waals surface area contributed by atoms with Crippen LogP contribution in [-0.4, -0.2) is 57.9 Å². The molecule has 10 heteroatoms. The number of carbonyl (C=O) groups excluding carboxylic acids is 1. The van der Waals surface area contributed by atoms with Gasteiger partial charge in [-0.3, -0.25) is 14.4 Å². The lowest BCUT2D eigenvalue weighted by molar-refractivity contribution is 0.101. The zero-order chi connectivity index (χ0) is 16.6. The monoisotopic (exact) mass is 348 g/mol. The van der Waals surface area contributed by atoms with E-state index in [-0.39, 0.29) is 18.0 Å². The lowest BCUT2D eigenvalue weighted by Gasteiger charge is -2.14. The Labute approximate surface area is 133 Å². The highest BCUT2D eigenvalue weighted by Crippen LogP contribution is 2.42. The third-order valence-corrected chi connectivity index (χ3v) is 5.10. The van der Waals surface area contributed by atoms with Gasteiger partial charge in [0.1, 0.15) is 5.69 Å². The van der Waals surface area contributed by atoms with Crippen molar-refractivity contribution in [3.63, 3.8) is 0 Å². The Bertz CT molecular complexity index is 575. The lowest BCUT2D eigenvalue weighted by atomic mass is 10.3. The number of hydrogen-bond donors (Lipinski definition) is 3. The number of nitrogens with zero attached hydrogens (tertiary/aromatic N) is 2. The van der Waals surface area contributed by atoms with Crippen molar-refractivity contribution in [2.75, 3.05) is 31.7 Å². The topological polar surface area (TPSA) is 117 Å². The molecule has 0 radical (unpaired) electrons. The summed E-state index contributed by atoms with van der Waals surface area (Å²) in [4.78, 5) is 32.1. The molecular weight excluding hydrogens is 327 g/mol. The number of H-pyrrole nitrogens is 1. The molecule has 1 atom stereocenters. The second-order valence-corrected chi connectivity index (χ2v) is 7.09. The molecule has 1 aromatic heterocycles. The van der Waals surface area contributed by atoms with Crippen LogP contribution in [0.3, 0.4) is 0 Å². The van der Waals surface area contributed by atoms with E-state index in [0.717, 1.165) is 5.69 Å². The van der Waals surface area contributed by atoms with E-state index in [2.05, 4.69) is 20.3 Å². The normalized spacial score (nSPS) is 14.6. The number of aliphatic imine (C=N–C) groups is 1. The van der Waals surface area contributed by atoms with Crippen molar-refractivity contribution in [3.8, 4) is 0 Å². The molecule has 0 saturated carbocycles. The number of rotatable bonds is 9. The van der Waals surface area contributed by atoms with Crippen LogP contribution in [0.5, 0.6) is 0 Å². The van der Waals surface area contributed by atoms with Crippen LogP contribution in [0.4, 0.5) is 0 Å². The van der Waals surface area contributed by atoms with E-state index in [4.69, 9.17) is 4.52 Å². The maximum Gasteiger partial charge on any atom is 0.393 e. The quantitative estimate of drug-likeness (QED) is 0.203. The Morgan fingerprint density at radius 1 is 1.64 bits per heavy atom. The minimum Gasteiger partial charge on any atom is -0.363 e. The number of carbonyl (C=O) groups is 1. The van der Waals surface area contributed by atoms with Gasteiger partial charge in [-0.25, -0.2) is 4.98 Å². The number of aromatic amines is 1. The van der Waals surface area contributed by atoms with Crippen molar-refractivity contribution in [2.45, 2.75) is 13.8 Å². The number of nitrogens with one attached hydrogen (secondary N) is 2. The number of imidazole rings is 1. The van der Waals surface area contributed by atoms with Gasteiger partial charge in [0, 0.05) is 25.0 Å². The molecule has 0 bridgehead atoms. The van der Waals surface area contributed by atoms with E-state index in [0.29, 0.717) is 23.7 Å². The first-order valence-corrected chi connectivity index (χ1v) is 9.45. The summed E-state index contributed by atoms with van der Waals surface area (Å²) in [5.41, 5.74) is 1.14. The minimum absolute atomic E-state index is 0.0460. The Balaban J connectivity index is 2.32. The molecular formula is C12H21N4O4PS. The first-order valence-electron chi connectivity index (χ1n) is 6.71. The van der Waals surface area contributed by atoms with Gasteiger partial charge in [0.05, 0.1) is 18.7 Å². The highest BCUT2D eigenvalue weighted by Gasteiger charge is 2.26. The predicted octanol–water partition coefficient (Wildman–Crippen LogP) is 1.43. The second kappa shape index (κ2) is 9.09. The molecule has 3 N–H and O–H groups in total. The largest absolute Gasteiger partial charge is 0.393 e. The van der Waals surface area contributed by atoms with Gasteiger partial charge < -0.3 is 19.7 Å². The molecule has 124 valence electrons. The van der Waals surface area contributed by atoms with Crippen LogP contribution >= 0.6 is 19.4 Å². The zero-order valence-corrected chi connectivity index (χ0v) is 14.5. The van der Waals surface area contributed by atoms with Crippen molar-refractivity contribution < 1.29 is 18.8 Å². The fourth-order valence-corrected chi connectivity index (χ4v) is 3.40. The van der Waals surface area contributed by atoms with Gasteiger partial charge in [-0.15, -0.1) is 0 Å². The molecule has 8 nitrogen and oxygen atoms in total. The fourth-order valence-electron chi connectivity index (χ4n) is 1.65. The third kappa shape index (κ3) is 5.57. The molecule has 0 aliphatic heterocycles. The number of Topliss-reactive ketones (excluding diaryl/α,β-unsaturated/α-hetero) is 1. The van der Waals surface area contributed by atoms with Crippen LogP contribution in [-0.2, 0) is 9.09 Å². The molecule has 0 aliphatic carbocycles. The molecule has 0 saturated heterocycles. The molecule has 0 amide bonds.